The summed E-state index contributed by atoms with van der Waals surface area (Å²) in [6, 6.07) is 10.1. The summed E-state index contributed by atoms with van der Waals surface area (Å²) in [6.45, 7) is 3.68. The number of aromatic nitrogens is 2. The van der Waals surface area contributed by atoms with Crippen molar-refractivity contribution in [2.75, 3.05) is 20.2 Å². The lowest BCUT2D eigenvalue weighted by molar-refractivity contribution is 0.217. The van der Waals surface area contributed by atoms with Crippen LogP contribution in [0.1, 0.15) is 11.3 Å². The van der Waals surface area contributed by atoms with Crippen molar-refractivity contribution >= 4 is 0 Å². The smallest absolute Gasteiger partial charge is 0.0645 e. The average molecular weight is 245 g/mol. The topological polar surface area (TPSA) is 41.3 Å². The monoisotopic (exact) mass is 245 g/mol. The highest BCUT2D eigenvalue weighted by Crippen LogP contribution is 2.13. The number of para-hydroxylation sites is 1. The molecular weight excluding hydrogens is 226 g/mol. The number of likely N-dealkylation sites (N-methyl/N-ethyl adjacent to an activating group) is 1. The Balaban J connectivity index is 2.17. The molecule has 2 aromatic rings. The van der Waals surface area contributed by atoms with E-state index in [2.05, 4.69) is 16.2 Å². The van der Waals surface area contributed by atoms with Gasteiger partial charge in [-0.3, -0.25) is 4.90 Å². The van der Waals surface area contributed by atoms with E-state index in [-0.39, 0.29) is 6.61 Å². The third-order valence-electron chi connectivity index (χ3n) is 2.94. The Morgan fingerprint density at radius 2 is 2.00 bits per heavy atom. The Morgan fingerprint density at radius 1 is 1.28 bits per heavy atom. The quantitative estimate of drug-likeness (QED) is 0.870. The number of rotatable bonds is 5. The molecule has 0 saturated carbocycles. The molecule has 0 spiro atoms. The Hall–Kier alpha value is -1.65. The van der Waals surface area contributed by atoms with E-state index in [1.165, 1.54) is 5.56 Å². The first-order chi connectivity index (χ1) is 8.70. The molecule has 2 rings (SSSR count). The molecular formula is C14H19N3O. The predicted molar refractivity (Wildman–Crippen MR) is 71.7 cm³/mol. The van der Waals surface area contributed by atoms with Crippen LogP contribution in [0.4, 0.5) is 0 Å². The van der Waals surface area contributed by atoms with Gasteiger partial charge in [0, 0.05) is 24.8 Å². The predicted octanol–water partition coefficient (Wildman–Crippen LogP) is 1.60. The Morgan fingerprint density at radius 3 is 2.67 bits per heavy atom. The van der Waals surface area contributed by atoms with Crippen molar-refractivity contribution in [2.45, 2.75) is 13.5 Å². The summed E-state index contributed by atoms with van der Waals surface area (Å²) >= 11 is 0. The molecule has 96 valence electrons. The van der Waals surface area contributed by atoms with Crippen molar-refractivity contribution in [3.63, 3.8) is 0 Å². The van der Waals surface area contributed by atoms with Crippen LogP contribution in [0.5, 0.6) is 0 Å². The summed E-state index contributed by atoms with van der Waals surface area (Å²) in [5.74, 6) is 0. The summed E-state index contributed by atoms with van der Waals surface area (Å²) in [5.41, 5.74) is 3.29. The Bertz CT molecular complexity index is 493. The zero-order chi connectivity index (χ0) is 13.0. The first-order valence-corrected chi connectivity index (χ1v) is 6.10. The maximum Gasteiger partial charge on any atom is 0.0645 e. The van der Waals surface area contributed by atoms with E-state index in [0.717, 1.165) is 17.9 Å². The second-order valence-corrected chi connectivity index (χ2v) is 4.48. The lowest BCUT2D eigenvalue weighted by Crippen LogP contribution is -2.21. The van der Waals surface area contributed by atoms with Gasteiger partial charge in [-0.1, -0.05) is 18.2 Å². The molecule has 1 aromatic heterocycles. The van der Waals surface area contributed by atoms with E-state index >= 15 is 0 Å². The molecule has 0 unspecified atom stereocenters. The van der Waals surface area contributed by atoms with Gasteiger partial charge in [0.15, 0.2) is 0 Å². The number of aliphatic hydroxyl groups excluding tert-OH is 1. The van der Waals surface area contributed by atoms with Gasteiger partial charge in [0.05, 0.1) is 18.0 Å². The summed E-state index contributed by atoms with van der Waals surface area (Å²) in [7, 11) is 2.00. The largest absolute Gasteiger partial charge is 0.395 e. The van der Waals surface area contributed by atoms with Gasteiger partial charge >= 0.3 is 0 Å². The van der Waals surface area contributed by atoms with Gasteiger partial charge in [-0.25, -0.2) is 4.68 Å². The molecule has 0 atom stereocenters. The minimum absolute atomic E-state index is 0.183. The lowest BCUT2D eigenvalue weighted by atomic mass is 10.2. The minimum Gasteiger partial charge on any atom is -0.395 e. The Labute approximate surface area is 107 Å². The fourth-order valence-corrected chi connectivity index (χ4v) is 1.90. The van der Waals surface area contributed by atoms with Gasteiger partial charge in [-0.2, -0.15) is 5.10 Å². The minimum atomic E-state index is 0.183. The van der Waals surface area contributed by atoms with Crippen molar-refractivity contribution in [2.24, 2.45) is 0 Å². The molecule has 0 saturated heterocycles. The normalized spacial score (nSPS) is 11.1. The van der Waals surface area contributed by atoms with Crippen molar-refractivity contribution in [1.82, 2.24) is 14.7 Å². The van der Waals surface area contributed by atoms with E-state index in [9.17, 15) is 0 Å². The summed E-state index contributed by atoms with van der Waals surface area (Å²) < 4.78 is 1.90. The fourth-order valence-electron chi connectivity index (χ4n) is 1.90. The molecule has 1 aromatic carbocycles. The van der Waals surface area contributed by atoms with E-state index in [4.69, 9.17) is 5.11 Å². The standard InChI is InChI=1S/C14H19N3O/c1-12-13(10-16(2)8-9-18)11-17(15-12)14-6-4-3-5-7-14/h3-7,11,18H,8-10H2,1-2H3. The molecule has 0 aliphatic heterocycles. The van der Waals surface area contributed by atoms with Crippen molar-refractivity contribution in [1.29, 1.82) is 0 Å². The van der Waals surface area contributed by atoms with Crippen molar-refractivity contribution < 1.29 is 5.11 Å². The molecule has 1 N–H and O–H groups in total. The third-order valence-corrected chi connectivity index (χ3v) is 2.94. The van der Waals surface area contributed by atoms with Crippen LogP contribution in [0.2, 0.25) is 0 Å². The maximum atomic E-state index is 8.90. The van der Waals surface area contributed by atoms with Gasteiger partial charge in [0.2, 0.25) is 0 Å². The van der Waals surface area contributed by atoms with E-state index < -0.39 is 0 Å². The molecule has 18 heavy (non-hydrogen) atoms. The molecule has 0 bridgehead atoms. The summed E-state index contributed by atoms with van der Waals surface area (Å²) in [6.07, 6.45) is 2.05. The highest BCUT2D eigenvalue weighted by molar-refractivity contribution is 5.32. The van der Waals surface area contributed by atoms with Gasteiger partial charge in [0.1, 0.15) is 0 Å². The molecule has 0 aliphatic rings. The number of hydrogen-bond donors (Lipinski definition) is 1. The second kappa shape index (κ2) is 5.80. The van der Waals surface area contributed by atoms with Crippen LogP contribution in [0.3, 0.4) is 0 Å². The number of nitrogens with zero attached hydrogens (tertiary/aromatic N) is 3. The number of aryl methyl sites for hydroxylation is 1. The molecule has 0 aliphatic carbocycles. The van der Waals surface area contributed by atoms with Crippen LogP contribution in [0, 0.1) is 6.92 Å². The van der Waals surface area contributed by atoms with E-state index in [1.807, 2.05) is 49.0 Å². The van der Waals surface area contributed by atoms with E-state index in [1.54, 1.807) is 0 Å². The van der Waals surface area contributed by atoms with Gasteiger partial charge < -0.3 is 5.11 Å². The van der Waals surface area contributed by atoms with Crippen LogP contribution < -0.4 is 0 Å². The summed E-state index contributed by atoms with van der Waals surface area (Å²) in [4.78, 5) is 2.08. The second-order valence-electron chi connectivity index (χ2n) is 4.48. The van der Waals surface area contributed by atoms with Gasteiger partial charge in [0.25, 0.3) is 0 Å². The zero-order valence-electron chi connectivity index (χ0n) is 10.9. The molecule has 0 amide bonds. The van der Waals surface area contributed by atoms with Crippen LogP contribution >= 0.6 is 0 Å². The lowest BCUT2D eigenvalue weighted by Gasteiger charge is -2.13. The zero-order valence-corrected chi connectivity index (χ0v) is 10.9. The van der Waals surface area contributed by atoms with Crippen molar-refractivity contribution in [3.8, 4) is 5.69 Å². The van der Waals surface area contributed by atoms with Crippen LogP contribution in [0.15, 0.2) is 36.5 Å². The molecule has 1 heterocycles. The highest BCUT2D eigenvalue weighted by atomic mass is 16.3. The van der Waals surface area contributed by atoms with Crippen LogP contribution in [0.25, 0.3) is 5.69 Å². The first-order valence-electron chi connectivity index (χ1n) is 6.10. The van der Waals surface area contributed by atoms with Gasteiger partial charge in [-0.15, -0.1) is 0 Å². The molecule has 0 radical (unpaired) electrons. The van der Waals surface area contributed by atoms with Crippen molar-refractivity contribution in [3.05, 3.63) is 47.8 Å². The third kappa shape index (κ3) is 2.97. The number of benzene rings is 1. The molecule has 0 fully saturated rings. The first kappa shape index (κ1) is 12.8. The number of aliphatic hydroxyl groups is 1. The highest BCUT2D eigenvalue weighted by Gasteiger charge is 2.08. The number of hydrogen-bond acceptors (Lipinski definition) is 3. The SMILES string of the molecule is Cc1nn(-c2ccccc2)cc1CN(C)CCO. The fraction of sp³-hybridized carbons (Fsp3) is 0.357. The Kier molecular flexibility index (Phi) is 4.12. The maximum absolute atomic E-state index is 8.90. The molecule has 4 nitrogen and oxygen atoms in total. The van der Waals surface area contributed by atoms with Crippen LogP contribution in [-0.2, 0) is 6.54 Å². The van der Waals surface area contributed by atoms with E-state index in [0.29, 0.717) is 6.54 Å². The average Bonchev–Trinajstić information content (AvgIpc) is 2.72. The molecule has 4 heteroatoms. The van der Waals surface area contributed by atoms with Gasteiger partial charge in [-0.05, 0) is 26.1 Å². The van der Waals surface area contributed by atoms with Crippen LogP contribution in [-0.4, -0.2) is 40.0 Å². The summed E-state index contributed by atoms with van der Waals surface area (Å²) in [5, 5.41) is 13.4.